The van der Waals surface area contributed by atoms with Crippen molar-refractivity contribution in [3.8, 4) is 11.4 Å². The molecule has 2 N–H and O–H groups in total. The molecule has 1 heterocycles. The standard InChI is InChI=1S/C20H26N4O/c1-14(2)13-21-18-12-17(20(25)22-16-10-6-7-11-16)23-19(24-18)15-8-4-3-5-9-15/h3-5,8-9,12,14,16H,6-7,10-11,13H2,1-2H3,(H,22,25)(H,21,23,24). The normalized spacial score (nSPS) is 14.7. The monoisotopic (exact) mass is 338 g/mol. The highest BCUT2D eigenvalue weighted by molar-refractivity contribution is 5.93. The Labute approximate surface area is 149 Å². The van der Waals surface area contributed by atoms with Gasteiger partial charge in [0.15, 0.2) is 5.82 Å². The molecule has 1 saturated carbocycles. The molecule has 5 nitrogen and oxygen atoms in total. The topological polar surface area (TPSA) is 66.9 Å². The quantitative estimate of drug-likeness (QED) is 0.839. The maximum atomic E-state index is 12.6. The minimum atomic E-state index is -0.112. The SMILES string of the molecule is CC(C)CNc1cc(C(=O)NC2CCCC2)nc(-c2ccccc2)n1. The number of hydrogen-bond donors (Lipinski definition) is 2. The van der Waals surface area contributed by atoms with Gasteiger partial charge in [0.1, 0.15) is 11.5 Å². The molecule has 0 aliphatic heterocycles. The highest BCUT2D eigenvalue weighted by atomic mass is 16.1. The second-order valence-electron chi connectivity index (χ2n) is 7.06. The second-order valence-corrected chi connectivity index (χ2v) is 7.06. The molecule has 1 aliphatic carbocycles. The summed E-state index contributed by atoms with van der Waals surface area (Å²) in [5.74, 6) is 1.65. The van der Waals surface area contributed by atoms with Crippen LogP contribution in [0.25, 0.3) is 11.4 Å². The highest BCUT2D eigenvalue weighted by Gasteiger charge is 2.20. The molecule has 25 heavy (non-hydrogen) atoms. The Morgan fingerprint density at radius 1 is 1.16 bits per heavy atom. The van der Waals surface area contributed by atoms with Crippen molar-refractivity contribution in [3.63, 3.8) is 0 Å². The summed E-state index contributed by atoms with van der Waals surface area (Å²) >= 11 is 0. The van der Waals surface area contributed by atoms with Gasteiger partial charge in [-0.1, -0.05) is 57.0 Å². The first-order chi connectivity index (χ1) is 12.1. The number of carbonyl (C=O) groups is 1. The molecule has 132 valence electrons. The van der Waals surface area contributed by atoms with E-state index in [-0.39, 0.29) is 11.9 Å². The molecule has 0 spiro atoms. The third-order valence-corrected chi connectivity index (χ3v) is 4.37. The molecule has 1 amide bonds. The fraction of sp³-hybridized carbons (Fsp3) is 0.450. The van der Waals surface area contributed by atoms with E-state index in [1.165, 1.54) is 12.8 Å². The van der Waals surface area contributed by atoms with E-state index in [0.717, 1.165) is 24.9 Å². The lowest BCUT2D eigenvalue weighted by Gasteiger charge is -2.14. The van der Waals surface area contributed by atoms with E-state index in [2.05, 4.69) is 34.4 Å². The molecule has 1 fully saturated rings. The summed E-state index contributed by atoms with van der Waals surface area (Å²) in [5.41, 5.74) is 1.33. The molecule has 0 bridgehead atoms. The molecule has 1 aliphatic rings. The highest BCUT2D eigenvalue weighted by Crippen LogP contribution is 2.20. The van der Waals surface area contributed by atoms with Gasteiger partial charge in [-0.2, -0.15) is 0 Å². The van der Waals surface area contributed by atoms with Crippen LogP contribution in [-0.2, 0) is 0 Å². The first-order valence-electron chi connectivity index (χ1n) is 9.11. The van der Waals surface area contributed by atoms with Gasteiger partial charge in [-0.3, -0.25) is 4.79 Å². The van der Waals surface area contributed by atoms with Gasteiger partial charge in [0.05, 0.1) is 0 Å². The minimum absolute atomic E-state index is 0.112. The van der Waals surface area contributed by atoms with Gasteiger partial charge in [-0.25, -0.2) is 9.97 Å². The molecule has 0 unspecified atom stereocenters. The van der Waals surface area contributed by atoms with E-state index in [1.807, 2.05) is 30.3 Å². The number of anilines is 1. The number of benzene rings is 1. The number of nitrogens with zero attached hydrogens (tertiary/aromatic N) is 2. The molecule has 0 atom stereocenters. The van der Waals surface area contributed by atoms with E-state index in [4.69, 9.17) is 0 Å². The Bertz CT molecular complexity index is 709. The van der Waals surface area contributed by atoms with E-state index >= 15 is 0 Å². The number of hydrogen-bond acceptors (Lipinski definition) is 4. The van der Waals surface area contributed by atoms with Gasteiger partial charge < -0.3 is 10.6 Å². The summed E-state index contributed by atoms with van der Waals surface area (Å²) < 4.78 is 0. The summed E-state index contributed by atoms with van der Waals surface area (Å²) in [4.78, 5) is 21.7. The van der Waals surface area contributed by atoms with Crippen LogP contribution < -0.4 is 10.6 Å². The summed E-state index contributed by atoms with van der Waals surface area (Å²) in [6.07, 6.45) is 4.48. The van der Waals surface area contributed by atoms with Crippen molar-refractivity contribution < 1.29 is 4.79 Å². The van der Waals surface area contributed by atoms with Crippen molar-refractivity contribution in [2.24, 2.45) is 5.92 Å². The van der Waals surface area contributed by atoms with Gasteiger partial charge in [-0.05, 0) is 18.8 Å². The predicted molar refractivity (Wildman–Crippen MR) is 101 cm³/mol. The minimum Gasteiger partial charge on any atom is -0.370 e. The summed E-state index contributed by atoms with van der Waals surface area (Å²) in [6.45, 7) is 5.08. The van der Waals surface area contributed by atoms with Crippen LogP contribution in [-0.4, -0.2) is 28.5 Å². The first kappa shape index (κ1) is 17.4. The average molecular weight is 338 g/mol. The van der Waals surface area contributed by atoms with E-state index in [1.54, 1.807) is 6.07 Å². The molecule has 0 radical (unpaired) electrons. The first-order valence-corrected chi connectivity index (χ1v) is 9.11. The van der Waals surface area contributed by atoms with Gasteiger partial charge >= 0.3 is 0 Å². The number of carbonyl (C=O) groups excluding carboxylic acids is 1. The van der Waals surface area contributed by atoms with Crippen molar-refractivity contribution >= 4 is 11.7 Å². The number of amides is 1. The zero-order valence-electron chi connectivity index (χ0n) is 15.0. The van der Waals surface area contributed by atoms with Crippen LogP contribution in [0.1, 0.15) is 50.0 Å². The van der Waals surface area contributed by atoms with Crippen LogP contribution in [0, 0.1) is 5.92 Å². The molecule has 2 aromatic rings. The third kappa shape index (κ3) is 4.78. The Kier molecular flexibility index (Phi) is 5.64. The molecule has 1 aromatic carbocycles. The Morgan fingerprint density at radius 3 is 2.56 bits per heavy atom. The van der Waals surface area contributed by atoms with Crippen molar-refractivity contribution in [1.29, 1.82) is 0 Å². The van der Waals surface area contributed by atoms with Gasteiger partial charge in [0, 0.05) is 24.2 Å². The van der Waals surface area contributed by atoms with Crippen LogP contribution in [0.3, 0.4) is 0 Å². The number of aromatic nitrogens is 2. The molecule has 3 rings (SSSR count). The lowest BCUT2D eigenvalue weighted by molar-refractivity contribution is 0.0933. The maximum Gasteiger partial charge on any atom is 0.270 e. The van der Waals surface area contributed by atoms with Crippen LogP contribution >= 0.6 is 0 Å². The van der Waals surface area contributed by atoms with Crippen molar-refractivity contribution in [1.82, 2.24) is 15.3 Å². The Balaban J connectivity index is 1.87. The smallest absolute Gasteiger partial charge is 0.270 e. The van der Waals surface area contributed by atoms with E-state index in [9.17, 15) is 4.79 Å². The van der Waals surface area contributed by atoms with Crippen molar-refractivity contribution in [2.45, 2.75) is 45.6 Å². The Morgan fingerprint density at radius 2 is 1.88 bits per heavy atom. The summed E-state index contributed by atoms with van der Waals surface area (Å²) in [6, 6.07) is 11.8. The predicted octanol–water partition coefficient (Wildman–Crippen LogP) is 3.88. The van der Waals surface area contributed by atoms with Gasteiger partial charge in [0.2, 0.25) is 0 Å². The van der Waals surface area contributed by atoms with E-state index < -0.39 is 0 Å². The Hall–Kier alpha value is -2.43. The van der Waals surface area contributed by atoms with Crippen LogP contribution in [0.2, 0.25) is 0 Å². The lowest BCUT2D eigenvalue weighted by atomic mass is 10.2. The molecule has 0 saturated heterocycles. The fourth-order valence-corrected chi connectivity index (χ4v) is 3.01. The second kappa shape index (κ2) is 8.10. The maximum absolute atomic E-state index is 12.6. The molecule has 1 aromatic heterocycles. The van der Waals surface area contributed by atoms with Crippen LogP contribution in [0.5, 0.6) is 0 Å². The largest absolute Gasteiger partial charge is 0.370 e. The van der Waals surface area contributed by atoms with Crippen LogP contribution in [0.4, 0.5) is 5.82 Å². The summed E-state index contributed by atoms with van der Waals surface area (Å²) in [7, 11) is 0. The van der Waals surface area contributed by atoms with Crippen molar-refractivity contribution in [2.75, 3.05) is 11.9 Å². The number of rotatable bonds is 6. The molecular formula is C20H26N4O. The van der Waals surface area contributed by atoms with Gasteiger partial charge in [-0.15, -0.1) is 0 Å². The lowest BCUT2D eigenvalue weighted by Crippen LogP contribution is -2.33. The zero-order valence-corrected chi connectivity index (χ0v) is 15.0. The third-order valence-electron chi connectivity index (χ3n) is 4.37. The molecule has 5 heteroatoms. The van der Waals surface area contributed by atoms with Crippen molar-refractivity contribution in [3.05, 3.63) is 42.1 Å². The van der Waals surface area contributed by atoms with E-state index in [0.29, 0.717) is 23.3 Å². The zero-order chi connectivity index (χ0) is 17.6. The van der Waals surface area contributed by atoms with Crippen LogP contribution in [0.15, 0.2) is 36.4 Å². The average Bonchev–Trinajstić information content (AvgIpc) is 3.13. The number of nitrogens with one attached hydrogen (secondary N) is 2. The fourth-order valence-electron chi connectivity index (χ4n) is 3.01. The van der Waals surface area contributed by atoms with Gasteiger partial charge in [0.25, 0.3) is 5.91 Å². The molecular weight excluding hydrogens is 312 g/mol. The summed E-state index contributed by atoms with van der Waals surface area (Å²) in [5, 5.41) is 6.42.